The van der Waals surface area contributed by atoms with Gasteiger partial charge in [0.25, 0.3) is 0 Å². The van der Waals surface area contributed by atoms with Crippen LogP contribution in [0.5, 0.6) is 0 Å². The van der Waals surface area contributed by atoms with Crippen LogP contribution in [0.1, 0.15) is 53.9 Å². The molecule has 0 saturated heterocycles. The molecule has 14 heteroatoms. The highest BCUT2D eigenvalue weighted by molar-refractivity contribution is 7.59. The summed E-state index contributed by atoms with van der Waals surface area (Å²) in [4.78, 5) is 36.7. The number of hydrogen-bond acceptors (Lipinski definition) is 9. The van der Waals surface area contributed by atoms with E-state index in [1.165, 1.54) is 31.9 Å². The maximum Gasteiger partial charge on any atom is 0.323 e. The average molecular weight is 528 g/mol. The molecule has 202 valence electrons. The Balaban J connectivity index is 2.15. The van der Waals surface area contributed by atoms with E-state index < -0.39 is 37.1 Å². The average Bonchev–Trinajstić information content (AvgIpc) is 3.23. The van der Waals surface area contributed by atoms with Gasteiger partial charge in [-0.25, -0.2) is 24.7 Å². The predicted molar refractivity (Wildman–Crippen MR) is 135 cm³/mol. The van der Waals surface area contributed by atoms with Crippen molar-refractivity contribution in [2.45, 2.75) is 78.1 Å². The van der Waals surface area contributed by atoms with Crippen LogP contribution in [0.15, 0.2) is 12.7 Å². The largest absolute Gasteiger partial charge is 0.480 e. The molecule has 2 rings (SSSR count). The van der Waals surface area contributed by atoms with Crippen LogP contribution in [0.2, 0.25) is 0 Å². The number of carboxylic acid groups (broad SMARTS) is 1. The van der Waals surface area contributed by atoms with Gasteiger partial charge in [-0.2, -0.15) is 0 Å². The first-order valence-corrected chi connectivity index (χ1v) is 13.7. The Morgan fingerprint density at radius 3 is 2.61 bits per heavy atom. The maximum atomic E-state index is 14.1. The van der Waals surface area contributed by atoms with Gasteiger partial charge in [0.1, 0.15) is 29.8 Å². The molecule has 0 saturated carbocycles. The monoisotopic (exact) mass is 527 g/mol. The van der Waals surface area contributed by atoms with Gasteiger partial charge in [0.15, 0.2) is 11.5 Å². The molecule has 3 atom stereocenters. The molecule has 0 bridgehead atoms. The lowest BCUT2D eigenvalue weighted by Crippen LogP contribution is -2.50. The molecule has 0 aliphatic rings. The molecule has 2 aromatic rings. The molecule has 2 aromatic heterocycles. The van der Waals surface area contributed by atoms with Gasteiger partial charge in [-0.1, -0.05) is 19.8 Å². The number of carbonyl (C=O) groups is 2. The molecule has 0 fully saturated rings. The van der Waals surface area contributed by atoms with Gasteiger partial charge in [0.2, 0.25) is 7.44 Å². The van der Waals surface area contributed by atoms with Crippen molar-refractivity contribution in [3.05, 3.63) is 12.7 Å². The van der Waals surface area contributed by atoms with Crippen LogP contribution in [0.4, 0.5) is 5.82 Å². The fourth-order valence-corrected chi connectivity index (χ4v) is 5.84. The first kappa shape index (κ1) is 29.6. The summed E-state index contributed by atoms with van der Waals surface area (Å²) in [5, 5.41) is 12.3. The minimum Gasteiger partial charge on any atom is -0.480 e. The number of hydrogen-bond donors (Lipinski definition) is 3. The number of aliphatic carboxylic acids is 1. The number of nitrogens with two attached hydrogens (primary N) is 1. The molecule has 0 aromatic carbocycles. The molecule has 0 aliphatic heterocycles. The third-order valence-corrected chi connectivity index (χ3v) is 8.58. The van der Waals surface area contributed by atoms with Gasteiger partial charge in [-0.3, -0.25) is 14.2 Å². The standard InChI is InChI=1S/C22H38N7O6P/c1-7-8-9-10-34-20(30)16(3)28(6)36(33,27-22(4,5)21(31)32)14-35-15(2)11-29-13-26-17-18(23)24-12-25-19(17)29/h12-13,15-16H,7-11,14H2,1-6H3,(H,27,33)(H,31,32)(H2,23,24,25)/t15-,16+,36?/m0/s1. The number of likely N-dealkylation sites (N-methyl/N-ethyl adjacent to an activating group) is 1. The third kappa shape index (κ3) is 7.45. The van der Waals surface area contributed by atoms with Gasteiger partial charge in [-0.05, 0) is 41.2 Å². The van der Waals surface area contributed by atoms with Gasteiger partial charge >= 0.3 is 11.9 Å². The lowest BCUT2D eigenvalue weighted by Gasteiger charge is -2.36. The highest BCUT2D eigenvalue weighted by atomic mass is 31.2. The van der Waals surface area contributed by atoms with Gasteiger partial charge in [0, 0.05) is 0 Å². The Morgan fingerprint density at radius 1 is 1.28 bits per heavy atom. The van der Waals surface area contributed by atoms with E-state index in [1.807, 2.05) is 6.92 Å². The number of esters is 1. The van der Waals surface area contributed by atoms with Gasteiger partial charge in [0.05, 0.1) is 25.6 Å². The quantitative estimate of drug-likeness (QED) is 0.176. The van der Waals surface area contributed by atoms with Gasteiger partial charge in [-0.15, -0.1) is 0 Å². The van der Waals surface area contributed by atoms with Crippen molar-refractivity contribution in [1.29, 1.82) is 0 Å². The van der Waals surface area contributed by atoms with E-state index in [2.05, 4.69) is 20.0 Å². The molecular weight excluding hydrogens is 489 g/mol. The summed E-state index contributed by atoms with van der Waals surface area (Å²) >= 11 is 0. The summed E-state index contributed by atoms with van der Waals surface area (Å²) in [6.45, 7) is 8.76. The molecule has 0 amide bonds. The first-order valence-electron chi connectivity index (χ1n) is 11.9. The van der Waals surface area contributed by atoms with Crippen molar-refractivity contribution in [2.24, 2.45) is 0 Å². The van der Waals surface area contributed by atoms with Crippen molar-refractivity contribution in [1.82, 2.24) is 29.3 Å². The van der Waals surface area contributed by atoms with Crippen molar-refractivity contribution in [2.75, 3.05) is 25.7 Å². The summed E-state index contributed by atoms with van der Waals surface area (Å²) in [6, 6.07) is -0.897. The fraction of sp³-hybridized carbons (Fsp3) is 0.682. The second kappa shape index (κ2) is 12.6. The highest BCUT2D eigenvalue weighted by Crippen LogP contribution is 2.48. The lowest BCUT2D eigenvalue weighted by atomic mass is 10.1. The zero-order valence-electron chi connectivity index (χ0n) is 21.8. The van der Waals surface area contributed by atoms with E-state index in [1.54, 1.807) is 24.7 Å². The maximum absolute atomic E-state index is 14.1. The van der Waals surface area contributed by atoms with E-state index in [-0.39, 0.29) is 18.8 Å². The molecule has 4 N–H and O–H groups in total. The number of ether oxygens (including phenoxy) is 2. The molecule has 36 heavy (non-hydrogen) atoms. The minimum absolute atomic E-state index is 0.258. The summed E-state index contributed by atoms with van der Waals surface area (Å²) in [6.07, 6.45) is 4.74. The third-order valence-electron chi connectivity index (χ3n) is 5.81. The fourth-order valence-electron chi connectivity index (χ4n) is 3.35. The number of imidazole rings is 1. The highest BCUT2D eigenvalue weighted by Gasteiger charge is 2.42. The first-order chi connectivity index (χ1) is 16.8. The van der Waals surface area contributed by atoms with E-state index in [9.17, 15) is 19.3 Å². The minimum atomic E-state index is -3.73. The Bertz CT molecular complexity index is 1090. The number of nitrogen functional groups attached to an aromatic ring is 1. The topological polar surface area (TPSA) is 175 Å². The second-order valence-electron chi connectivity index (χ2n) is 9.30. The number of carboxylic acids is 1. The Morgan fingerprint density at radius 2 is 1.97 bits per heavy atom. The van der Waals surface area contributed by atoms with E-state index in [4.69, 9.17) is 15.2 Å². The van der Waals surface area contributed by atoms with Crippen molar-refractivity contribution in [3.63, 3.8) is 0 Å². The number of aromatic nitrogens is 4. The molecule has 0 spiro atoms. The normalized spacial score (nSPS) is 15.5. The molecule has 1 unspecified atom stereocenters. The SMILES string of the molecule is CCCCCOC(=O)[C@@H](C)N(C)P(=O)(CO[C@@H](C)Cn1cnc2c(N)ncnc21)NC(C)(C)C(=O)O. The predicted octanol–water partition coefficient (Wildman–Crippen LogP) is 2.47. The van der Waals surface area contributed by atoms with E-state index in [0.29, 0.717) is 17.7 Å². The van der Waals surface area contributed by atoms with Gasteiger partial charge < -0.3 is 24.9 Å². The van der Waals surface area contributed by atoms with E-state index >= 15 is 0 Å². The molecular formula is C22H38N7O6P. The zero-order valence-corrected chi connectivity index (χ0v) is 22.7. The number of nitrogens with one attached hydrogen (secondary N) is 1. The molecule has 0 radical (unpaired) electrons. The van der Waals surface area contributed by atoms with Crippen LogP contribution < -0.4 is 10.8 Å². The van der Waals surface area contributed by atoms with Crippen LogP contribution in [0.3, 0.4) is 0 Å². The number of anilines is 1. The summed E-state index contributed by atoms with van der Waals surface area (Å²) < 4.78 is 28.4. The van der Waals surface area contributed by atoms with Crippen LogP contribution in [0.25, 0.3) is 11.2 Å². The molecule has 2 heterocycles. The van der Waals surface area contributed by atoms with Crippen LogP contribution >= 0.6 is 7.44 Å². The number of rotatable bonds is 15. The van der Waals surface area contributed by atoms with Crippen LogP contribution in [-0.4, -0.2) is 78.9 Å². The summed E-state index contributed by atoms with van der Waals surface area (Å²) in [7, 11) is -2.24. The summed E-state index contributed by atoms with van der Waals surface area (Å²) in [5.74, 6) is -1.48. The summed E-state index contributed by atoms with van der Waals surface area (Å²) in [5.41, 5.74) is 5.29. The molecule has 0 aliphatic carbocycles. The Kier molecular flexibility index (Phi) is 10.4. The van der Waals surface area contributed by atoms with Crippen LogP contribution in [0, 0.1) is 0 Å². The number of carbonyl (C=O) groups excluding carboxylic acids is 1. The second-order valence-corrected chi connectivity index (χ2v) is 11.8. The zero-order chi connectivity index (χ0) is 27.1. The molecule has 13 nitrogen and oxygen atoms in total. The Hall–Kier alpha value is -2.60. The van der Waals surface area contributed by atoms with Crippen molar-refractivity contribution >= 4 is 36.4 Å². The van der Waals surface area contributed by atoms with E-state index in [0.717, 1.165) is 19.3 Å². The van der Waals surface area contributed by atoms with Crippen LogP contribution in [-0.2, 0) is 30.2 Å². The lowest BCUT2D eigenvalue weighted by molar-refractivity contribution is -0.147. The number of unbranched alkanes of at least 4 members (excludes halogenated alkanes) is 2. The van der Waals surface area contributed by atoms with Crippen molar-refractivity contribution < 1.29 is 28.7 Å². The number of fused-ring (bicyclic) bond motifs is 1. The number of nitrogens with zero attached hydrogens (tertiary/aromatic N) is 5. The van der Waals surface area contributed by atoms with Crippen molar-refractivity contribution in [3.8, 4) is 0 Å². The Labute approximate surface area is 211 Å². The smallest absolute Gasteiger partial charge is 0.323 e.